The van der Waals surface area contributed by atoms with Crippen LogP contribution in [0.25, 0.3) is 0 Å². The van der Waals surface area contributed by atoms with Gasteiger partial charge in [-0.25, -0.2) is 0 Å². The molecule has 0 fully saturated rings. The molecule has 0 bridgehead atoms. The van der Waals surface area contributed by atoms with E-state index >= 15 is 0 Å². The lowest BCUT2D eigenvalue weighted by molar-refractivity contribution is -0.121. The van der Waals surface area contributed by atoms with E-state index in [1.165, 1.54) is 10.6 Å². The largest absolute Gasteiger partial charge is 0.389 e. The number of hydrogen-bond donors (Lipinski definition) is 2. The van der Waals surface area contributed by atoms with Crippen molar-refractivity contribution in [2.24, 2.45) is 7.05 Å². The quantitative estimate of drug-likeness (QED) is 0.811. The molecule has 5 heteroatoms. The van der Waals surface area contributed by atoms with Gasteiger partial charge in [-0.05, 0) is 25.3 Å². The molecule has 0 saturated heterocycles. The highest BCUT2D eigenvalue weighted by molar-refractivity contribution is 5.91. The number of carbonyl (C=O) groups is 1. The molecule has 21 heavy (non-hydrogen) atoms. The molecule has 1 aromatic heterocycles. The van der Waals surface area contributed by atoms with Gasteiger partial charge in [-0.3, -0.25) is 9.59 Å². The molecule has 0 aromatic carbocycles. The van der Waals surface area contributed by atoms with Crippen LogP contribution in [0.15, 0.2) is 17.1 Å². The van der Waals surface area contributed by atoms with Crippen LogP contribution in [0.3, 0.4) is 0 Å². The highest BCUT2D eigenvalue weighted by Crippen LogP contribution is 2.24. The molecular weight excluding hydrogens is 268 g/mol. The molecule has 1 rings (SSSR count). The minimum atomic E-state index is -0.942. The van der Waals surface area contributed by atoms with Crippen LogP contribution in [0.2, 0.25) is 0 Å². The molecule has 5 nitrogen and oxygen atoms in total. The van der Waals surface area contributed by atoms with E-state index in [1.807, 2.05) is 13.8 Å². The molecule has 118 valence electrons. The number of amides is 1. The molecule has 0 aliphatic heterocycles. The molecule has 0 aliphatic carbocycles. The Bertz CT molecular complexity index is 543. The van der Waals surface area contributed by atoms with E-state index in [0.29, 0.717) is 18.5 Å². The van der Waals surface area contributed by atoms with Crippen molar-refractivity contribution in [2.45, 2.75) is 58.5 Å². The summed E-state index contributed by atoms with van der Waals surface area (Å²) in [6, 6.07) is 1.49. The summed E-state index contributed by atoms with van der Waals surface area (Å²) in [5, 5.41) is 13.3. The minimum absolute atomic E-state index is 0.0803. The fourth-order valence-corrected chi connectivity index (χ4v) is 2.58. The number of aromatic nitrogens is 1. The number of rotatable bonds is 7. The Hall–Kier alpha value is -1.62. The summed E-state index contributed by atoms with van der Waals surface area (Å²) in [6.07, 6.45) is 4.58. The Morgan fingerprint density at radius 3 is 2.43 bits per heavy atom. The average molecular weight is 294 g/mol. The standard InChI is InChI=1S/C16H26N2O3/c1-5-7-16(21,8-6-2)10-14(19)17-13-11-18(4)15(20)9-12(13)3/h9,11,21H,5-8,10H2,1-4H3,(H,17,19). The SMILES string of the molecule is CCCC(O)(CCC)CC(=O)Nc1cn(C)c(=O)cc1C. The number of anilines is 1. The maximum absolute atomic E-state index is 12.2. The van der Waals surface area contributed by atoms with Crippen molar-refractivity contribution in [1.82, 2.24) is 4.57 Å². The van der Waals surface area contributed by atoms with Gasteiger partial charge in [0, 0.05) is 19.3 Å². The van der Waals surface area contributed by atoms with E-state index in [-0.39, 0.29) is 17.9 Å². The Morgan fingerprint density at radius 1 is 1.33 bits per heavy atom. The molecule has 1 aromatic rings. The van der Waals surface area contributed by atoms with Gasteiger partial charge in [0.2, 0.25) is 5.91 Å². The lowest BCUT2D eigenvalue weighted by Gasteiger charge is -2.27. The zero-order valence-electron chi connectivity index (χ0n) is 13.4. The van der Waals surface area contributed by atoms with Crippen LogP contribution < -0.4 is 10.9 Å². The van der Waals surface area contributed by atoms with Crippen molar-refractivity contribution in [2.75, 3.05) is 5.32 Å². The third-order valence-electron chi connectivity index (χ3n) is 3.63. The van der Waals surface area contributed by atoms with Crippen molar-refractivity contribution in [1.29, 1.82) is 0 Å². The number of aliphatic hydroxyl groups is 1. The smallest absolute Gasteiger partial charge is 0.250 e. The first-order chi connectivity index (χ1) is 9.81. The van der Waals surface area contributed by atoms with Gasteiger partial charge in [-0.15, -0.1) is 0 Å². The summed E-state index contributed by atoms with van der Waals surface area (Å²) >= 11 is 0. The number of hydrogen-bond acceptors (Lipinski definition) is 3. The van der Waals surface area contributed by atoms with Gasteiger partial charge >= 0.3 is 0 Å². The molecule has 2 N–H and O–H groups in total. The zero-order valence-corrected chi connectivity index (χ0v) is 13.4. The van der Waals surface area contributed by atoms with Gasteiger partial charge in [0.05, 0.1) is 17.7 Å². The van der Waals surface area contributed by atoms with Crippen LogP contribution in [0.1, 0.15) is 51.5 Å². The van der Waals surface area contributed by atoms with Crippen LogP contribution in [-0.2, 0) is 11.8 Å². The lowest BCUT2D eigenvalue weighted by Crippen LogP contribution is -2.34. The summed E-state index contributed by atoms with van der Waals surface area (Å²) in [6.45, 7) is 5.77. The summed E-state index contributed by atoms with van der Waals surface area (Å²) in [5.41, 5.74) is 0.277. The first kappa shape index (κ1) is 17.4. The average Bonchev–Trinajstić information content (AvgIpc) is 2.36. The number of aryl methyl sites for hydroxylation is 2. The third-order valence-corrected chi connectivity index (χ3v) is 3.63. The van der Waals surface area contributed by atoms with E-state index in [1.54, 1.807) is 20.2 Å². The van der Waals surface area contributed by atoms with E-state index in [0.717, 1.165) is 18.4 Å². The Morgan fingerprint density at radius 2 is 1.90 bits per heavy atom. The van der Waals surface area contributed by atoms with Crippen molar-refractivity contribution in [3.05, 3.63) is 28.2 Å². The van der Waals surface area contributed by atoms with Gasteiger partial charge in [0.25, 0.3) is 5.56 Å². The second kappa shape index (κ2) is 7.41. The van der Waals surface area contributed by atoms with Gasteiger partial charge in [0.1, 0.15) is 0 Å². The van der Waals surface area contributed by atoms with Gasteiger partial charge < -0.3 is 15.0 Å². The summed E-state index contributed by atoms with van der Waals surface area (Å²) < 4.78 is 1.42. The van der Waals surface area contributed by atoms with Crippen LogP contribution in [0.4, 0.5) is 5.69 Å². The molecule has 0 unspecified atom stereocenters. The van der Waals surface area contributed by atoms with Crippen molar-refractivity contribution in [3.63, 3.8) is 0 Å². The van der Waals surface area contributed by atoms with E-state index < -0.39 is 5.60 Å². The van der Waals surface area contributed by atoms with Gasteiger partial charge in [0.15, 0.2) is 0 Å². The summed E-state index contributed by atoms with van der Waals surface area (Å²) in [5.74, 6) is -0.221. The summed E-state index contributed by atoms with van der Waals surface area (Å²) in [4.78, 5) is 23.7. The topological polar surface area (TPSA) is 71.3 Å². The van der Waals surface area contributed by atoms with E-state index in [2.05, 4.69) is 5.32 Å². The Kier molecular flexibility index (Phi) is 6.15. The predicted molar refractivity (Wildman–Crippen MR) is 84.4 cm³/mol. The fourth-order valence-electron chi connectivity index (χ4n) is 2.58. The second-order valence-corrected chi connectivity index (χ2v) is 5.77. The van der Waals surface area contributed by atoms with E-state index in [4.69, 9.17) is 0 Å². The minimum Gasteiger partial charge on any atom is -0.389 e. The predicted octanol–water partition coefficient (Wildman–Crippen LogP) is 2.35. The maximum atomic E-state index is 12.2. The van der Waals surface area contributed by atoms with Crippen LogP contribution in [-0.4, -0.2) is 21.2 Å². The molecule has 0 aliphatic rings. The highest BCUT2D eigenvalue weighted by Gasteiger charge is 2.28. The first-order valence-electron chi connectivity index (χ1n) is 7.51. The van der Waals surface area contributed by atoms with Crippen LogP contribution in [0, 0.1) is 6.92 Å². The maximum Gasteiger partial charge on any atom is 0.250 e. The molecule has 0 saturated carbocycles. The molecule has 1 heterocycles. The zero-order chi connectivity index (χ0) is 16.0. The van der Waals surface area contributed by atoms with Crippen molar-refractivity contribution >= 4 is 11.6 Å². The number of pyridine rings is 1. The molecule has 0 radical (unpaired) electrons. The molecule has 1 amide bonds. The second-order valence-electron chi connectivity index (χ2n) is 5.77. The monoisotopic (exact) mass is 294 g/mol. The van der Waals surface area contributed by atoms with Gasteiger partial charge in [-0.2, -0.15) is 0 Å². The number of carbonyl (C=O) groups excluding carboxylic acids is 1. The van der Waals surface area contributed by atoms with E-state index in [9.17, 15) is 14.7 Å². The Labute approximate surface area is 126 Å². The Balaban J connectivity index is 2.81. The van der Waals surface area contributed by atoms with Crippen LogP contribution in [0.5, 0.6) is 0 Å². The van der Waals surface area contributed by atoms with Gasteiger partial charge in [-0.1, -0.05) is 26.7 Å². The third kappa shape index (κ3) is 5.01. The normalized spacial score (nSPS) is 11.5. The molecular formula is C16H26N2O3. The first-order valence-corrected chi connectivity index (χ1v) is 7.51. The van der Waals surface area contributed by atoms with Crippen molar-refractivity contribution < 1.29 is 9.90 Å². The van der Waals surface area contributed by atoms with Crippen LogP contribution >= 0.6 is 0 Å². The number of nitrogens with one attached hydrogen (secondary N) is 1. The molecule has 0 spiro atoms. The lowest BCUT2D eigenvalue weighted by atomic mass is 9.89. The number of nitrogens with zero attached hydrogens (tertiary/aromatic N) is 1. The highest BCUT2D eigenvalue weighted by atomic mass is 16.3. The summed E-state index contributed by atoms with van der Waals surface area (Å²) in [7, 11) is 1.64. The fraction of sp³-hybridized carbons (Fsp3) is 0.625. The molecule has 0 atom stereocenters. The van der Waals surface area contributed by atoms with Crippen molar-refractivity contribution in [3.8, 4) is 0 Å².